The first-order chi connectivity index (χ1) is 7.14. The lowest BCUT2D eigenvalue weighted by Crippen LogP contribution is -2.35. The van der Waals surface area contributed by atoms with E-state index in [1.165, 1.54) is 21.0 Å². The van der Waals surface area contributed by atoms with Crippen molar-refractivity contribution in [2.75, 3.05) is 25.7 Å². The van der Waals surface area contributed by atoms with Crippen LogP contribution in [0.3, 0.4) is 0 Å². The zero-order valence-corrected chi connectivity index (χ0v) is 10.6. The topological polar surface area (TPSA) is 86.7 Å². The van der Waals surface area contributed by atoms with E-state index in [1.54, 1.807) is 0 Å². The molecule has 0 unspecified atom stereocenters. The van der Waals surface area contributed by atoms with Gasteiger partial charge in [-0.05, 0) is 13.8 Å². The first-order valence-electron chi connectivity index (χ1n) is 4.50. The molecule has 0 amide bonds. The van der Waals surface area contributed by atoms with E-state index in [4.69, 9.17) is 0 Å². The quantitative estimate of drug-likeness (QED) is 0.628. The van der Waals surface area contributed by atoms with Crippen molar-refractivity contribution in [1.29, 1.82) is 0 Å². The fourth-order valence-corrected chi connectivity index (χ4v) is 2.97. The van der Waals surface area contributed by atoms with Gasteiger partial charge in [0.1, 0.15) is 5.75 Å². The van der Waals surface area contributed by atoms with Gasteiger partial charge in [0.05, 0.1) is 25.4 Å². The molecule has 0 aliphatic rings. The Morgan fingerprint density at radius 2 is 1.62 bits per heavy atom. The predicted octanol–water partition coefficient (Wildman–Crippen LogP) is -0.227. The van der Waals surface area contributed by atoms with Gasteiger partial charge in [-0.3, -0.25) is 9.59 Å². The molecule has 94 valence electrons. The van der Waals surface area contributed by atoms with Gasteiger partial charge < -0.3 is 9.47 Å². The lowest BCUT2D eigenvalue weighted by Gasteiger charge is -2.20. The molecule has 0 aliphatic carbocycles. The summed E-state index contributed by atoms with van der Waals surface area (Å²) in [6.07, 6.45) is 0. The molecule has 0 saturated heterocycles. The second-order valence-corrected chi connectivity index (χ2v) is 6.05. The van der Waals surface area contributed by atoms with Crippen LogP contribution in [0, 0.1) is 5.41 Å². The minimum atomic E-state index is -3.68. The second kappa shape index (κ2) is 5.29. The van der Waals surface area contributed by atoms with E-state index in [1.807, 2.05) is 0 Å². The highest BCUT2D eigenvalue weighted by Gasteiger charge is 2.35. The molecule has 7 heteroatoms. The minimum absolute atomic E-state index is 0.457. The number of methoxy groups -OCH3 is 2. The van der Waals surface area contributed by atoms with Crippen LogP contribution in [0.4, 0.5) is 0 Å². The summed E-state index contributed by atoms with van der Waals surface area (Å²) >= 11 is 0. The molecule has 0 aliphatic heterocycles. The van der Waals surface area contributed by atoms with E-state index >= 15 is 0 Å². The maximum atomic E-state index is 11.5. The maximum Gasteiger partial charge on any atom is 0.320 e. The van der Waals surface area contributed by atoms with Crippen LogP contribution < -0.4 is 0 Å². The molecule has 0 saturated carbocycles. The number of rotatable bonds is 5. The fraction of sp³-hybridized carbons (Fsp3) is 0.778. The predicted molar refractivity (Wildman–Crippen MR) is 56.5 cm³/mol. The summed E-state index contributed by atoms with van der Waals surface area (Å²) in [5.41, 5.74) is -1.18. The SMILES string of the molecule is COC(=O)CS(=O)(=O)CC(C)(C)C(=O)OC. The Hall–Kier alpha value is -1.11. The molecule has 16 heavy (non-hydrogen) atoms. The number of carbonyl (C=O) groups is 2. The summed E-state index contributed by atoms with van der Waals surface area (Å²) in [5.74, 6) is -2.67. The van der Waals surface area contributed by atoms with Crippen molar-refractivity contribution in [3.63, 3.8) is 0 Å². The highest BCUT2D eigenvalue weighted by atomic mass is 32.2. The van der Waals surface area contributed by atoms with Crippen LogP contribution in [-0.4, -0.2) is 46.1 Å². The Kier molecular flexibility index (Phi) is 4.92. The van der Waals surface area contributed by atoms with Crippen LogP contribution in [0.1, 0.15) is 13.8 Å². The van der Waals surface area contributed by atoms with E-state index in [9.17, 15) is 18.0 Å². The zero-order valence-electron chi connectivity index (χ0n) is 9.77. The number of carbonyl (C=O) groups excluding carboxylic acids is 2. The Morgan fingerprint density at radius 1 is 1.12 bits per heavy atom. The van der Waals surface area contributed by atoms with Crippen molar-refractivity contribution in [2.24, 2.45) is 5.41 Å². The Morgan fingerprint density at radius 3 is 2.00 bits per heavy atom. The van der Waals surface area contributed by atoms with Crippen LogP contribution in [0.25, 0.3) is 0 Å². The molecule has 0 fully saturated rings. The molecule has 0 spiro atoms. The molecular formula is C9H16O6S. The molecule has 6 nitrogen and oxygen atoms in total. The molecule has 0 bridgehead atoms. The van der Waals surface area contributed by atoms with Gasteiger partial charge in [-0.2, -0.15) is 0 Å². The van der Waals surface area contributed by atoms with Crippen molar-refractivity contribution in [3.05, 3.63) is 0 Å². The molecule has 0 rings (SSSR count). The van der Waals surface area contributed by atoms with Gasteiger partial charge in [-0.25, -0.2) is 8.42 Å². The second-order valence-electron chi connectivity index (χ2n) is 3.98. The van der Waals surface area contributed by atoms with E-state index in [0.717, 1.165) is 7.11 Å². The number of hydrogen-bond acceptors (Lipinski definition) is 6. The lowest BCUT2D eigenvalue weighted by atomic mass is 9.97. The summed E-state index contributed by atoms with van der Waals surface area (Å²) < 4.78 is 31.8. The van der Waals surface area contributed by atoms with Crippen molar-refractivity contribution in [2.45, 2.75) is 13.8 Å². The smallest absolute Gasteiger partial charge is 0.320 e. The van der Waals surface area contributed by atoms with E-state index < -0.39 is 38.7 Å². The molecule has 0 N–H and O–H groups in total. The third-order valence-corrected chi connectivity index (χ3v) is 3.72. The number of esters is 2. The number of ether oxygens (including phenoxy) is 2. The Balaban J connectivity index is 4.71. The number of sulfone groups is 1. The van der Waals surface area contributed by atoms with Gasteiger partial charge in [-0.15, -0.1) is 0 Å². The highest BCUT2D eigenvalue weighted by Crippen LogP contribution is 2.20. The third kappa shape index (κ3) is 4.61. The van der Waals surface area contributed by atoms with Crippen LogP contribution in [0.2, 0.25) is 0 Å². The van der Waals surface area contributed by atoms with Crippen LogP contribution >= 0.6 is 0 Å². The maximum absolute atomic E-state index is 11.5. The summed E-state index contributed by atoms with van der Waals surface area (Å²) in [6.45, 7) is 2.88. The van der Waals surface area contributed by atoms with Gasteiger partial charge in [0.25, 0.3) is 0 Å². The molecule has 0 aromatic rings. The highest BCUT2D eigenvalue weighted by molar-refractivity contribution is 7.92. The third-order valence-electron chi connectivity index (χ3n) is 1.88. The Bertz CT molecular complexity index is 367. The summed E-state index contributed by atoms with van der Waals surface area (Å²) in [7, 11) is -1.40. The molecule has 0 aromatic carbocycles. The molecule has 0 heterocycles. The van der Waals surface area contributed by atoms with Crippen LogP contribution in [0.15, 0.2) is 0 Å². The largest absolute Gasteiger partial charge is 0.469 e. The van der Waals surface area contributed by atoms with E-state index in [0.29, 0.717) is 0 Å². The van der Waals surface area contributed by atoms with Gasteiger partial charge in [0.15, 0.2) is 9.84 Å². The van der Waals surface area contributed by atoms with Crippen molar-refractivity contribution >= 4 is 21.8 Å². The Labute approximate surface area is 94.8 Å². The standard InChI is InChI=1S/C9H16O6S/c1-9(2,8(11)15-4)6-16(12,13)5-7(10)14-3/h5-6H2,1-4H3. The average molecular weight is 252 g/mol. The summed E-state index contributed by atoms with van der Waals surface area (Å²) in [5, 5.41) is 0. The lowest BCUT2D eigenvalue weighted by molar-refractivity contribution is -0.149. The van der Waals surface area contributed by atoms with E-state index in [2.05, 4.69) is 9.47 Å². The first kappa shape index (κ1) is 14.9. The van der Waals surface area contributed by atoms with Gasteiger partial charge in [-0.1, -0.05) is 0 Å². The number of hydrogen-bond donors (Lipinski definition) is 0. The first-order valence-corrected chi connectivity index (χ1v) is 6.32. The fourth-order valence-electron chi connectivity index (χ4n) is 1.17. The van der Waals surface area contributed by atoms with Gasteiger partial charge in [0.2, 0.25) is 0 Å². The van der Waals surface area contributed by atoms with Crippen LogP contribution in [0.5, 0.6) is 0 Å². The normalized spacial score (nSPS) is 12.0. The summed E-state index contributed by atoms with van der Waals surface area (Å²) in [4.78, 5) is 22.1. The summed E-state index contributed by atoms with van der Waals surface area (Å²) in [6, 6.07) is 0. The van der Waals surface area contributed by atoms with Gasteiger partial charge in [0, 0.05) is 0 Å². The van der Waals surface area contributed by atoms with Crippen LogP contribution in [-0.2, 0) is 28.9 Å². The van der Waals surface area contributed by atoms with Crippen molar-refractivity contribution < 1.29 is 27.5 Å². The van der Waals surface area contributed by atoms with Crippen molar-refractivity contribution in [1.82, 2.24) is 0 Å². The minimum Gasteiger partial charge on any atom is -0.469 e. The molecule has 0 aromatic heterocycles. The molecule has 0 radical (unpaired) electrons. The molecule has 0 atom stereocenters. The molecular weight excluding hydrogens is 236 g/mol. The van der Waals surface area contributed by atoms with E-state index in [-0.39, 0.29) is 0 Å². The average Bonchev–Trinajstić information content (AvgIpc) is 2.13. The monoisotopic (exact) mass is 252 g/mol. The zero-order chi connectivity index (χ0) is 13.0. The van der Waals surface area contributed by atoms with Gasteiger partial charge >= 0.3 is 11.9 Å². The van der Waals surface area contributed by atoms with Crippen molar-refractivity contribution in [3.8, 4) is 0 Å².